The number of carboxylic acid groups (broad SMARTS) is 2. The highest BCUT2D eigenvalue weighted by molar-refractivity contribution is 5.96. The number of aliphatic carboxylic acids is 2. The zero-order valence-corrected chi connectivity index (χ0v) is 26.3. The SMILES string of the molecule is CC(C)[C@H](NC(=O)[C@H](Cc1ccccc1)NC(=O)[C@H](CCC(=O)O)NC(=O)[C@@H](N)CC(N)=O)C(=O)N[C@@H](CCCN=C(N)N)C(=O)O. The van der Waals surface area contributed by atoms with Crippen LogP contribution in [0.2, 0.25) is 0 Å². The van der Waals surface area contributed by atoms with Gasteiger partial charge in [0, 0.05) is 19.4 Å². The molecule has 0 aliphatic carbocycles. The normalized spacial score (nSPS) is 14.0. The fourth-order valence-corrected chi connectivity index (χ4v) is 4.27. The second-order valence-corrected chi connectivity index (χ2v) is 11.1. The van der Waals surface area contributed by atoms with E-state index < -0.39 is 90.4 Å². The number of carbonyl (C=O) groups excluding carboxylic acids is 5. The Kier molecular flexibility index (Phi) is 16.9. The van der Waals surface area contributed by atoms with Crippen LogP contribution in [0.5, 0.6) is 0 Å². The highest BCUT2D eigenvalue weighted by atomic mass is 16.4. The summed E-state index contributed by atoms with van der Waals surface area (Å²) in [7, 11) is 0. The predicted molar refractivity (Wildman–Crippen MR) is 169 cm³/mol. The lowest BCUT2D eigenvalue weighted by Gasteiger charge is -2.28. The number of aliphatic imine (C=N–C) groups is 1. The number of amides is 5. The number of carboxylic acids is 2. The van der Waals surface area contributed by atoms with Crippen LogP contribution >= 0.6 is 0 Å². The molecule has 0 aliphatic rings. The summed E-state index contributed by atoms with van der Waals surface area (Å²) in [5, 5.41) is 28.6. The summed E-state index contributed by atoms with van der Waals surface area (Å²) in [5.41, 5.74) is 21.9. The zero-order chi connectivity index (χ0) is 35.7. The van der Waals surface area contributed by atoms with Crippen molar-refractivity contribution in [1.29, 1.82) is 0 Å². The average molecular weight is 664 g/mol. The van der Waals surface area contributed by atoms with Crippen molar-refractivity contribution in [2.45, 2.75) is 82.6 Å². The number of nitrogens with one attached hydrogen (secondary N) is 4. The molecule has 47 heavy (non-hydrogen) atoms. The summed E-state index contributed by atoms with van der Waals surface area (Å²) >= 11 is 0. The largest absolute Gasteiger partial charge is 0.481 e. The number of nitrogens with two attached hydrogens (primary N) is 4. The standard InChI is InChI=1S/C29H45N9O9/c1-15(2)23(27(45)36-19(28(46)47)9-6-12-34-29(32)33)38-26(44)20(13-16-7-4-3-5-8-16)37-25(43)18(10-11-22(40)41)35-24(42)17(30)14-21(31)39/h3-5,7-8,15,17-20,23H,6,9-14,30H2,1-2H3,(H2,31,39)(H,35,42)(H,36,45)(H,37,43)(H,38,44)(H,40,41)(H,46,47)(H4,32,33,34)/t17-,18-,19-,20-,23-/m0/s1. The maximum atomic E-state index is 13.6. The van der Waals surface area contributed by atoms with Crippen LogP contribution in [0.3, 0.4) is 0 Å². The number of primary amides is 1. The summed E-state index contributed by atoms with van der Waals surface area (Å²) < 4.78 is 0. The smallest absolute Gasteiger partial charge is 0.326 e. The lowest BCUT2D eigenvalue weighted by atomic mass is 9.99. The van der Waals surface area contributed by atoms with Crippen molar-refractivity contribution in [1.82, 2.24) is 21.3 Å². The van der Waals surface area contributed by atoms with Crippen LogP contribution in [0.25, 0.3) is 0 Å². The Morgan fingerprint density at radius 3 is 1.87 bits per heavy atom. The molecule has 1 rings (SSSR count). The van der Waals surface area contributed by atoms with Crippen molar-refractivity contribution in [3.05, 3.63) is 35.9 Å². The van der Waals surface area contributed by atoms with Gasteiger partial charge in [-0.25, -0.2) is 4.79 Å². The van der Waals surface area contributed by atoms with E-state index >= 15 is 0 Å². The Morgan fingerprint density at radius 2 is 1.34 bits per heavy atom. The Bertz CT molecular complexity index is 1290. The minimum Gasteiger partial charge on any atom is -0.481 e. The molecule has 5 amide bonds. The second-order valence-electron chi connectivity index (χ2n) is 11.1. The van der Waals surface area contributed by atoms with Gasteiger partial charge in [-0.15, -0.1) is 0 Å². The number of hydrogen-bond acceptors (Lipinski definition) is 9. The third-order valence-electron chi connectivity index (χ3n) is 6.76. The van der Waals surface area contributed by atoms with E-state index in [-0.39, 0.29) is 38.2 Å². The van der Waals surface area contributed by atoms with Gasteiger partial charge >= 0.3 is 11.9 Å². The number of carbonyl (C=O) groups is 7. The van der Waals surface area contributed by atoms with Crippen molar-refractivity contribution in [2.75, 3.05) is 6.54 Å². The predicted octanol–water partition coefficient (Wildman–Crippen LogP) is -2.97. The highest BCUT2D eigenvalue weighted by Crippen LogP contribution is 2.10. The van der Waals surface area contributed by atoms with Crippen molar-refractivity contribution >= 4 is 47.4 Å². The molecule has 0 heterocycles. The number of hydrogen-bond donors (Lipinski definition) is 10. The molecule has 1 aromatic rings. The van der Waals surface area contributed by atoms with Gasteiger partial charge in [0.05, 0.1) is 12.5 Å². The van der Waals surface area contributed by atoms with E-state index in [0.717, 1.165) is 0 Å². The Hall–Kier alpha value is -5.26. The van der Waals surface area contributed by atoms with Crippen molar-refractivity contribution in [2.24, 2.45) is 33.8 Å². The van der Waals surface area contributed by atoms with Gasteiger partial charge < -0.3 is 54.4 Å². The monoisotopic (exact) mass is 663 g/mol. The van der Waals surface area contributed by atoms with E-state index in [0.29, 0.717) is 5.56 Å². The number of guanidine groups is 1. The second kappa shape index (κ2) is 20.0. The molecular weight excluding hydrogens is 618 g/mol. The molecule has 0 unspecified atom stereocenters. The van der Waals surface area contributed by atoms with Gasteiger partial charge in [0.1, 0.15) is 24.2 Å². The van der Waals surface area contributed by atoms with Gasteiger partial charge in [-0.05, 0) is 30.7 Å². The maximum absolute atomic E-state index is 13.6. The first kappa shape index (κ1) is 39.8. The summed E-state index contributed by atoms with van der Waals surface area (Å²) in [6.45, 7) is 3.38. The molecule has 18 heteroatoms. The quantitative estimate of drug-likeness (QED) is 0.0358. The molecular formula is C29H45N9O9. The molecule has 260 valence electrons. The van der Waals surface area contributed by atoms with Gasteiger partial charge in [0.15, 0.2) is 5.96 Å². The van der Waals surface area contributed by atoms with Crippen molar-refractivity contribution < 1.29 is 43.8 Å². The Morgan fingerprint density at radius 1 is 0.766 bits per heavy atom. The summed E-state index contributed by atoms with van der Waals surface area (Å²) in [6, 6.07) is 1.75. The van der Waals surface area contributed by atoms with Gasteiger partial charge in [0.2, 0.25) is 29.5 Å². The van der Waals surface area contributed by atoms with Crippen LogP contribution in [-0.4, -0.2) is 94.4 Å². The molecule has 0 bridgehead atoms. The van der Waals surface area contributed by atoms with E-state index in [2.05, 4.69) is 26.3 Å². The van der Waals surface area contributed by atoms with E-state index in [1.165, 1.54) is 0 Å². The number of benzene rings is 1. The average Bonchev–Trinajstić information content (AvgIpc) is 2.98. The summed E-state index contributed by atoms with van der Waals surface area (Å²) in [5.74, 6) is -7.62. The molecule has 0 radical (unpaired) electrons. The molecule has 0 saturated carbocycles. The zero-order valence-electron chi connectivity index (χ0n) is 26.3. The van der Waals surface area contributed by atoms with E-state index in [1.54, 1.807) is 44.2 Å². The van der Waals surface area contributed by atoms with Crippen LogP contribution in [-0.2, 0) is 40.0 Å². The van der Waals surface area contributed by atoms with Crippen molar-refractivity contribution in [3.8, 4) is 0 Å². The maximum Gasteiger partial charge on any atom is 0.326 e. The molecule has 0 spiro atoms. The van der Waals surface area contributed by atoms with E-state index in [1.807, 2.05) is 0 Å². The molecule has 0 fully saturated rings. The van der Waals surface area contributed by atoms with E-state index in [4.69, 9.17) is 28.0 Å². The lowest BCUT2D eigenvalue weighted by Crippen LogP contribution is -2.60. The third kappa shape index (κ3) is 15.5. The lowest BCUT2D eigenvalue weighted by molar-refractivity contribution is -0.143. The Labute approximate surface area is 271 Å². The first-order chi connectivity index (χ1) is 22.0. The molecule has 1 aromatic carbocycles. The van der Waals surface area contributed by atoms with Gasteiger partial charge in [0.25, 0.3) is 0 Å². The van der Waals surface area contributed by atoms with Crippen LogP contribution in [0.15, 0.2) is 35.3 Å². The minimum atomic E-state index is -1.47. The Balaban J connectivity index is 3.23. The number of rotatable bonds is 21. The van der Waals surface area contributed by atoms with Gasteiger partial charge in [-0.3, -0.25) is 33.8 Å². The topological polar surface area (TPSA) is 325 Å². The number of nitrogens with zero attached hydrogens (tertiary/aromatic N) is 1. The van der Waals surface area contributed by atoms with Crippen LogP contribution < -0.4 is 44.2 Å². The molecule has 14 N–H and O–H groups in total. The van der Waals surface area contributed by atoms with Crippen molar-refractivity contribution in [3.63, 3.8) is 0 Å². The summed E-state index contributed by atoms with van der Waals surface area (Å²) in [4.78, 5) is 90.8. The molecule has 0 aliphatic heterocycles. The van der Waals surface area contributed by atoms with Crippen LogP contribution in [0.1, 0.15) is 51.5 Å². The molecule has 5 atom stereocenters. The molecule has 0 aromatic heterocycles. The van der Waals surface area contributed by atoms with Gasteiger partial charge in [-0.2, -0.15) is 0 Å². The summed E-state index contributed by atoms with van der Waals surface area (Å²) in [6.07, 6.45) is -1.29. The fourth-order valence-electron chi connectivity index (χ4n) is 4.27. The molecule has 18 nitrogen and oxygen atoms in total. The molecule has 0 saturated heterocycles. The van der Waals surface area contributed by atoms with Crippen LogP contribution in [0, 0.1) is 5.92 Å². The minimum absolute atomic E-state index is 0.00411. The fraction of sp³-hybridized carbons (Fsp3) is 0.517. The van der Waals surface area contributed by atoms with Crippen LogP contribution in [0.4, 0.5) is 0 Å². The first-order valence-corrected chi connectivity index (χ1v) is 14.8. The van der Waals surface area contributed by atoms with Gasteiger partial charge in [-0.1, -0.05) is 44.2 Å². The van der Waals surface area contributed by atoms with E-state index in [9.17, 15) is 38.7 Å². The third-order valence-corrected chi connectivity index (χ3v) is 6.76. The highest BCUT2D eigenvalue weighted by Gasteiger charge is 2.33. The first-order valence-electron chi connectivity index (χ1n) is 14.8.